The van der Waals surface area contributed by atoms with Gasteiger partial charge in [-0.25, -0.2) is 14.4 Å². The normalized spacial score (nSPS) is 15.5. The second-order valence-electron chi connectivity index (χ2n) is 10.2. The number of hydrogen-bond donors (Lipinski definition) is 3. The van der Waals surface area contributed by atoms with Crippen LogP contribution >= 0.6 is 0 Å². The number of carbonyl (C=O) groups is 3. The van der Waals surface area contributed by atoms with Crippen LogP contribution in [0, 0.1) is 0 Å². The van der Waals surface area contributed by atoms with E-state index in [2.05, 4.69) is 6.58 Å². The first-order chi connectivity index (χ1) is 17.2. The number of carboxylic acid groups (broad SMARTS) is 3. The molecule has 36 heavy (non-hydrogen) atoms. The summed E-state index contributed by atoms with van der Waals surface area (Å²) >= 11 is 0. The van der Waals surface area contributed by atoms with E-state index in [1.165, 1.54) is 57.8 Å². The third-order valence-corrected chi connectivity index (χ3v) is 7.71. The van der Waals surface area contributed by atoms with Crippen molar-refractivity contribution in [2.75, 3.05) is 6.54 Å². The van der Waals surface area contributed by atoms with E-state index < -0.39 is 40.5 Å². The van der Waals surface area contributed by atoms with Crippen molar-refractivity contribution in [3.63, 3.8) is 0 Å². The largest absolute Gasteiger partial charge is 0.477 e. The first kappa shape index (κ1) is 34.1. The number of nitrogens with zero attached hydrogens (tertiary/aromatic N) is 1. The highest BCUT2D eigenvalue weighted by atomic mass is 16.4. The lowest BCUT2D eigenvalue weighted by Gasteiger charge is -2.49. The Morgan fingerprint density at radius 3 is 1.11 bits per heavy atom. The second kappa shape index (κ2) is 20.2. The first-order valence-electron chi connectivity index (χ1n) is 14.4. The third-order valence-electron chi connectivity index (χ3n) is 7.71. The molecule has 0 bridgehead atoms. The van der Waals surface area contributed by atoms with Gasteiger partial charge in [-0.05, 0) is 25.7 Å². The van der Waals surface area contributed by atoms with Crippen LogP contribution in [-0.4, -0.2) is 62.4 Å². The fourth-order valence-corrected chi connectivity index (χ4v) is 5.90. The Hall–Kier alpha value is -1.89. The molecule has 0 aliphatic carbocycles. The predicted molar refractivity (Wildman–Crippen MR) is 145 cm³/mol. The minimum absolute atomic E-state index is 0.192. The van der Waals surface area contributed by atoms with Gasteiger partial charge < -0.3 is 15.3 Å². The van der Waals surface area contributed by atoms with E-state index in [9.17, 15) is 29.7 Å². The molecule has 0 spiro atoms. The molecule has 3 N–H and O–H groups in total. The van der Waals surface area contributed by atoms with Gasteiger partial charge in [-0.1, -0.05) is 91.1 Å². The van der Waals surface area contributed by atoms with Gasteiger partial charge >= 0.3 is 17.9 Å². The number of aliphatic carboxylic acids is 3. The van der Waals surface area contributed by atoms with Gasteiger partial charge in [0.15, 0.2) is 18.1 Å². The molecule has 0 aromatic heterocycles. The molecule has 0 aliphatic heterocycles. The fourth-order valence-electron chi connectivity index (χ4n) is 5.90. The number of unbranched alkanes of at least 4 members (excludes halogenated alkanes) is 13. The van der Waals surface area contributed by atoms with Gasteiger partial charge in [-0.15, -0.1) is 6.58 Å². The molecule has 0 fully saturated rings. The molecular weight excluding hydrogens is 458 g/mol. The third kappa shape index (κ3) is 11.4. The zero-order valence-electron chi connectivity index (χ0n) is 23.3. The summed E-state index contributed by atoms with van der Waals surface area (Å²) in [5.74, 6) is -3.35. The summed E-state index contributed by atoms with van der Waals surface area (Å²) in [4.78, 5) is 36.7. The Morgan fingerprint density at radius 2 is 0.861 bits per heavy atom. The standard InChI is InChI=1S/C29H53NO6/c1-5-9-10-11-12-13-14-15-16-17-18-19-20-21-22-23-30(24(6-2)27(31)32,25(7-3)28(33)34)26(8-4)29(35)36/h5,24-26H,1,6-23H2,2-4H3,(H2-,31,32,33,34,35,36)/p+1. The summed E-state index contributed by atoms with van der Waals surface area (Å²) in [6.45, 7) is 9.13. The van der Waals surface area contributed by atoms with E-state index in [-0.39, 0.29) is 25.8 Å². The van der Waals surface area contributed by atoms with Gasteiger partial charge in [0.2, 0.25) is 0 Å². The van der Waals surface area contributed by atoms with Crippen molar-refractivity contribution in [3.05, 3.63) is 12.7 Å². The van der Waals surface area contributed by atoms with Crippen LogP contribution in [0.3, 0.4) is 0 Å². The maximum absolute atomic E-state index is 12.2. The Bertz CT molecular complexity index is 580. The fraction of sp³-hybridized carbons (Fsp3) is 0.828. The highest BCUT2D eigenvalue weighted by molar-refractivity contribution is 5.78. The molecular formula is C29H54NO6+. The van der Waals surface area contributed by atoms with E-state index in [1.807, 2.05) is 6.08 Å². The molecule has 0 rings (SSSR count). The molecule has 3 unspecified atom stereocenters. The zero-order chi connectivity index (χ0) is 27.4. The van der Waals surface area contributed by atoms with Crippen LogP contribution < -0.4 is 0 Å². The number of carboxylic acids is 3. The molecule has 0 saturated heterocycles. The number of allylic oxidation sites excluding steroid dienone is 1. The van der Waals surface area contributed by atoms with Crippen molar-refractivity contribution in [2.24, 2.45) is 0 Å². The van der Waals surface area contributed by atoms with Crippen LogP contribution in [-0.2, 0) is 14.4 Å². The van der Waals surface area contributed by atoms with Crippen molar-refractivity contribution in [1.82, 2.24) is 0 Å². The lowest BCUT2D eigenvalue weighted by molar-refractivity contribution is -0.973. The van der Waals surface area contributed by atoms with Crippen molar-refractivity contribution in [3.8, 4) is 0 Å². The van der Waals surface area contributed by atoms with E-state index in [1.54, 1.807) is 20.8 Å². The molecule has 210 valence electrons. The van der Waals surface area contributed by atoms with Gasteiger partial charge in [0, 0.05) is 19.3 Å². The summed E-state index contributed by atoms with van der Waals surface area (Å²) in [6.07, 6.45) is 18.7. The van der Waals surface area contributed by atoms with E-state index in [4.69, 9.17) is 0 Å². The molecule has 0 aliphatic rings. The Morgan fingerprint density at radius 1 is 0.583 bits per heavy atom. The topological polar surface area (TPSA) is 112 Å². The molecule has 0 aromatic carbocycles. The summed E-state index contributed by atoms with van der Waals surface area (Å²) in [6, 6.07) is -3.18. The predicted octanol–water partition coefficient (Wildman–Crippen LogP) is 7.04. The van der Waals surface area contributed by atoms with E-state index in [0.29, 0.717) is 6.42 Å². The van der Waals surface area contributed by atoms with E-state index >= 15 is 0 Å². The summed E-state index contributed by atoms with van der Waals surface area (Å²) in [5, 5.41) is 29.9. The van der Waals surface area contributed by atoms with Crippen molar-refractivity contribution in [2.45, 2.75) is 148 Å². The summed E-state index contributed by atoms with van der Waals surface area (Å²) in [5.41, 5.74) is 0. The lowest BCUT2D eigenvalue weighted by Crippen LogP contribution is -2.72. The Labute approximate surface area is 219 Å². The van der Waals surface area contributed by atoms with Crippen LogP contribution in [0.5, 0.6) is 0 Å². The molecule has 0 amide bonds. The smallest absolute Gasteiger partial charge is 0.362 e. The average Bonchev–Trinajstić information content (AvgIpc) is 2.82. The van der Waals surface area contributed by atoms with Gasteiger partial charge in [0.25, 0.3) is 0 Å². The van der Waals surface area contributed by atoms with Crippen LogP contribution in [0.1, 0.15) is 130 Å². The number of rotatable bonds is 25. The van der Waals surface area contributed by atoms with Crippen molar-refractivity contribution >= 4 is 17.9 Å². The lowest BCUT2D eigenvalue weighted by atomic mass is 9.93. The highest BCUT2D eigenvalue weighted by Crippen LogP contribution is 2.32. The molecule has 7 nitrogen and oxygen atoms in total. The molecule has 0 aromatic rings. The van der Waals surface area contributed by atoms with Crippen LogP contribution in [0.2, 0.25) is 0 Å². The quantitative estimate of drug-likeness (QED) is 0.0687. The van der Waals surface area contributed by atoms with Crippen LogP contribution in [0.4, 0.5) is 0 Å². The number of quaternary nitrogens is 1. The van der Waals surface area contributed by atoms with Crippen LogP contribution in [0.15, 0.2) is 12.7 Å². The second-order valence-corrected chi connectivity index (χ2v) is 10.2. The molecule has 0 radical (unpaired) electrons. The molecule has 0 saturated carbocycles. The van der Waals surface area contributed by atoms with Gasteiger partial charge in [-0.3, -0.25) is 4.48 Å². The summed E-state index contributed by atoms with van der Waals surface area (Å²) < 4.78 is -0.406. The van der Waals surface area contributed by atoms with Gasteiger partial charge in [0.05, 0.1) is 6.54 Å². The van der Waals surface area contributed by atoms with Crippen molar-refractivity contribution in [1.29, 1.82) is 0 Å². The summed E-state index contributed by atoms with van der Waals surface area (Å²) in [7, 11) is 0. The average molecular weight is 513 g/mol. The minimum Gasteiger partial charge on any atom is -0.477 e. The molecule has 3 atom stereocenters. The SMILES string of the molecule is C=CCCCCCCCCCCCCCCC[N+](C(CC)C(=O)O)(C(CC)C(=O)O)C(CC)C(=O)O. The molecule has 0 heterocycles. The molecule has 7 heteroatoms. The van der Waals surface area contributed by atoms with Crippen LogP contribution in [0.25, 0.3) is 0 Å². The van der Waals surface area contributed by atoms with Crippen molar-refractivity contribution < 1.29 is 34.2 Å². The maximum Gasteiger partial charge on any atom is 0.362 e. The number of hydrogen-bond acceptors (Lipinski definition) is 3. The first-order valence-corrected chi connectivity index (χ1v) is 14.4. The monoisotopic (exact) mass is 512 g/mol. The zero-order valence-corrected chi connectivity index (χ0v) is 23.3. The Balaban J connectivity index is 4.80. The highest BCUT2D eigenvalue weighted by Gasteiger charge is 2.55. The van der Waals surface area contributed by atoms with Gasteiger partial charge in [0.1, 0.15) is 0 Å². The minimum atomic E-state index is -1.12. The van der Waals surface area contributed by atoms with Gasteiger partial charge in [-0.2, -0.15) is 0 Å². The maximum atomic E-state index is 12.2. The Kier molecular flexibility index (Phi) is 19.1. The van der Waals surface area contributed by atoms with E-state index in [0.717, 1.165) is 25.7 Å².